The summed E-state index contributed by atoms with van der Waals surface area (Å²) in [6, 6.07) is 42.8. The number of ether oxygens (including phenoxy) is 1. The molecule has 11 aromatic rings. The van der Waals surface area contributed by atoms with Crippen LogP contribution in [0.1, 0.15) is 40.0 Å². The molecule has 0 aliphatic carbocycles. The summed E-state index contributed by atoms with van der Waals surface area (Å²) < 4.78 is 99.5. The third-order valence-electron chi connectivity index (χ3n) is 12.1. The number of hydrogen-bond donors (Lipinski definition) is 0. The van der Waals surface area contributed by atoms with Crippen LogP contribution in [0.3, 0.4) is 0 Å². The number of pyridine rings is 1. The molecule has 0 spiro atoms. The van der Waals surface area contributed by atoms with Crippen LogP contribution in [0.25, 0.3) is 83.4 Å². The molecular formula is C61H50N4OPtSi-2. The Labute approximate surface area is 428 Å². The smallest absolute Gasteiger partial charge is 0.268 e. The maximum atomic E-state index is 9.05. The number of rotatable bonds is 9. The Balaban J connectivity index is 0.00000688. The van der Waals surface area contributed by atoms with E-state index >= 15 is 0 Å². The van der Waals surface area contributed by atoms with Crippen molar-refractivity contribution in [3.05, 3.63) is 218 Å². The van der Waals surface area contributed by atoms with Crippen LogP contribution in [0.5, 0.6) is 11.5 Å². The van der Waals surface area contributed by atoms with Crippen LogP contribution in [0.15, 0.2) is 194 Å². The van der Waals surface area contributed by atoms with Crippen molar-refractivity contribution in [1.29, 1.82) is 0 Å². The first-order chi connectivity index (χ1) is 36.6. The summed E-state index contributed by atoms with van der Waals surface area (Å²) in [7, 11) is -1.70. The van der Waals surface area contributed by atoms with Gasteiger partial charge in [-0.3, -0.25) is 4.57 Å². The van der Waals surface area contributed by atoms with Gasteiger partial charge in [0, 0.05) is 44.3 Å². The van der Waals surface area contributed by atoms with E-state index in [0.717, 1.165) is 38.8 Å². The maximum Gasteiger partial charge on any atom is 0.268 e. The predicted molar refractivity (Wildman–Crippen MR) is 278 cm³/mol. The molecule has 7 heteroatoms. The number of aromatic nitrogens is 4. The second kappa shape index (κ2) is 17.8. The molecule has 68 heavy (non-hydrogen) atoms. The summed E-state index contributed by atoms with van der Waals surface area (Å²) >= 11 is 0. The summed E-state index contributed by atoms with van der Waals surface area (Å²) in [5.41, 5.74) is 6.93. The van der Waals surface area contributed by atoms with Crippen LogP contribution in [0.4, 0.5) is 0 Å². The van der Waals surface area contributed by atoms with Crippen LogP contribution in [-0.4, -0.2) is 22.2 Å². The molecule has 0 unspecified atom stereocenters. The van der Waals surface area contributed by atoms with Crippen LogP contribution in [0, 0.1) is 18.5 Å². The summed E-state index contributed by atoms with van der Waals surface area (Å²) in [5, 5.41) is 3.42. The summed E-state index contributed by atoms with van der Waals surface area (Å²) in [5.74, 6) is 1.54. The molecule has 0 aliphatic heterocycles. The molecule has 11 rings (SSSR count). The predicted octanol–water partition coefficient (Wildman–Crippen LogP) is 14.4. The van der Waals surface area contributed by atoms with Crippen molar-refractivity contribution >= 4 is 46.1 Å². The molecule has 0 aliphatic rings. The van der Waals surface area contributed by atoms with Gasteiger partial charge in [0.15, 0.2) is 0 Å². The number of imidazole rings is 1. The van der Waals surface area contributed by atoms with Crippen molar-refractivity contribution in [2.75, 3.05) is 0 Å². The number of nitrogens with zero attached hydrogens (tertiary/aromatic N) is 4. The fourth-order valence-corrected chi connectivity index (χ4v) is 10.5. The second-order valence-corrected chi connectivity index (χ2v) is 23.6. The van der Waals surface area contributed by atoms with Crippen molar-refractivity contribution in [1.82, 2.24) is 14.1 Å². The molecule has 3 heterocycles. The van der Waals surface area contributed by atoms with E-state index in [1.54, 1.807) is 33.4 Å². The van der Waals surface area contributed by atoms with E-state index in [4.69, 9.17) is 23.4 Å². The fourth-order valence-electron chi connectivity index (χ4n) is 8.89. The first-order valence-electron chi connectivity index (χ1n) is 27.1. The number of para-hydroxylation sites is 3. The molecule has 5 nitrogen and oxygen atoms in total. The van der Waals surface area contributed by atoms with Gasteiger partial charge < -0.3 is 13.9 Å². The van der Waals surface area contributed by atoms with Crippen LogP contribution >= 0.6 is 0 Å². The minimum atomic E-state index is -1.70. The molecule has 8 aromatic carbocycles. The first-order valence-corrected chi connectivity index (χ1v) is 25.6. The Bertz CT molecular complexity index is 4110. The molecule has 3 aromatic heterocycles. The van der Waals surface area contributed by atoms with E-state index in [9.17, 15) is 0 Å². The van der Waals surface area contributed by atoms with Crippen molar-refractivity contribution < 1.29 is 44.1 Å². The topological polar surface area (TPSA) is 35.9 Å². The zero-order valence-electron chi connectivity index (χ0n) is 48.2. The molecule has 0 saturated carbocycles. The van der Waals surface area contributed by atoms with Crippen LogP contribution in [-0.2, 0) is 26.5 Å². The average molecular weight is 1090 g/mol. The monoisotopic (exact) mass is 1090 g/mol. The fraction of sp³-hybridized carbons (Fsp3) is 0.115. The average Bonchev–Trinajstić information content (AvgIpc) is 3.99. The van der Waals surface area contributed by atoms with E-state index < -0.39 is 68.5 Å². The van der Waals surface area contributed by atoms with E-state index in [1.807, 2.05) is 48.7 Å². The van der Waals surface area contributed by atoms with E-state index in [-0.39, 0.29) is 54.4 Å². The van der Waals surface area contributed by atoms with Gasteiger partial charge in [0.1, 0.15) is 5.82 Å². The van der Waals surface area contributed by atoms with E-state index in [1.165, 1.54) is 10.8 Å². The van der Waals surface area contributed by atoms with Crippen molar-refractivity contribution in [2.24, 2.45) is 0 Å². The first kappa shape index (κ1) is 34.2. The molecular weight excluding hydrogens is 1030 g/mol. The molecule has 0 fully saturated rings. The summed E-state index contributed by atoms with van der Waals surface area (Å²) in [6.45, 7) is 13.6. The molecule has 0 saturated heterocycles. The van der Waals surface area contributed by atoms with Gasteiger partial charge in [-0.05, 0) is 73.6 Å². The summed E-state index contributed by atoms with van der Waals surface area (Å²) in [4.78, 5) is 4.92. The Hall–Kier alpha value is -7.11. The van der Waals surface area contributed by atoms with Gasteiger partial charge in [-0.25, -0.2) is 4.98 Å². The molecule has 0 N–H and O–H groups in total. The van der Waals surface area contributed by atoms with Gasteiger partial charge in [-0.15, -0.1) is 29.7 Å². The van der Waals surface area contributed by atoms with Crippen molar-refractivity contribution in [2.45, 2.75) is 45.8 Å². The van der Waals surface area contributed by atoms with E-state index in [2.05, 4.69) is 124 Å². The van der Waals surface area contributed by atoms with Crippen molar-refractivity contribution in [3.63, 3.8) is 0 Å². The third-order valence-corrected chi connectivity index (χ3v) is 14.2. The Morgan fingerprint density at radius 1 is 0.618 bits per heavy atom. The SMILES string of the molecule is [2H]c1c([2H])c([2H])c(-c2cccc(-c3c([2H])c([2H])c([2H])c([2H])c3[2H])c2-[n+]2[c-]n(-c3[c-]c(Oc4[c-]c5c(cc4)c4cc(-c6ccccc6[Si](C)(C)C)ccc4n5-c4cc(C(C)(C)C)ccn4)ccc3)c3ccccc32)c([2H])c1[2H].[Pt]. The summed E-state index contributed by atoms with van der Waals surface area (Å²) in [6.07, 6.45) is 5.28. The minimum absolute atomic E-state index is 0. The van der Waals surface area contributed by atoms with Crippen LogP contribution in [0.2, 0.25) is 19.6 Å². The number of fused-ring (bicyclic) bond motifs is 4. The molecule has 0 amide bonds. The quantitative estimate of drug-likeness (QED) is 0.0820. The van der Waals surface area contributed by atoms with Gasteiger partial charge in [0.2, 0.25) is 0 Å². The zero-order valence-corrected chi connectivity index (χ0v) is 41.5. The second-order valence-electron chi connectivity index (χ2n) is 18.6. The molecule has 0 radical (unpaired) electrons. The standard InChI is InChI=1S/C61H50N4OSi.Pt/c1-61(2,3)45-35-36-62-59(38-45)65-54-34-31-44(49-25-13-16-30-58(49)67(4,5)6)37-53(54)52-33-32-48(40-57(52)65)66-47-24-17-23-46(39-47)63-41-64(56-29-15-14-28-55(56)63)60-50(42-19-9-7-10-20-42)26-18-27-51(60)43-21-11-8-12-22-43;/h7-38H,1-6H3;/q-2;/i7D,8D,9D,10D,11D,12D,19D,20D,21D,22D;. The Morgan fingerprint density at radius 3 is 2.00 bits per heavy atom. The van der Waals surface area contributed by atoms with Gasteiger partial charge in [0.25, 0.3) is 6.33 Å². The largest absolute Gasteiger partial charge is 0.510 e. The number of hydrogen-bond acceptors (Lipinski definition) is 2. The van der Waals surface area contributed by atoms with Crippen LogP contribution < -0.4 is 14.5 Å². The zero-order chi connectivity index (χ0) is 54.6. The van der Waals surface area contributed by atoms with Gasteiger partial charge in [-0.2, -0.15) is 18.2 Å². The minimum Gasteiger partial charge on any atom is -0.510 e. The molecule has 336 valence electrons. The maximum absolute atomic E-state index is 9.05. The Kier molecular flexibility index (Phi) is 8.98. The molecule has 0 bridgehead atoms. The number of benzene rings is 8. The molecule has 0 atom stereocenters. The third kappa shape index (κ3) is 8.22. The van der Waals surface area contributed by atoms with Crippen molar-refractivity contribution in [3.8, 4) is 62.1 Å². The van der Waals surface area contributed by atoms with E-state index in [0.29, 0.717) is 28.2 Å². The van der Waals surface area contributed by atoms with Gasteiger partial charge >= 0.3 is 0 Å². The Morgan fingerprint density at radius 2 is 1.28 bits per heavy atom. The van der Waals surface area contributed by atoms with Gasteiger partial charge in [-0.1, -0.05) is 190 Å². The normalized spacial score (nSPS) is 13.9. The van der Waals surface area contributed by atoms with Gasteiger partial charge in [0.05, 0.1) is 38.5 Å².